The lowest BCUT2D eigenvalue weighted by Gasteiger charge is -2.26. The van der Waals surface area contributed by atoms with Gasteiger partial charge in [0.15, 0.2) is 5.82 Å². The Labute approximate surface area is 153 Å². The predicted octanol–water partition coefficient (Wildman–Crippen LogP) is 3.40. The van der Waals surface area contributed by atoms with Crippen LogP contribution in [-0.2, 0) is 17.7 Å². The SMILES string of the molecule is OC(COC1CCCc2ccccc21)Cn1ccnc1-c1ccccn1. The van der Waals surface area contributed by atoms with Crippen molar-refractivity contribution in [1.29, 1.82) is 0 Å². The van der Waals surface area contributed by atoms with Crippen LogP contribution in [-0.4, -0.2) is 32.4 Å². The Hall–Kier alpha value is -2.50. The summed E-state index contributed by atoms with van der Waals surface area (Å²) in [5.41, 5.74) is 3.43. The molecule has 0 aliphatic heterocycles. The molecule has 0 saturated heterocycles. The number of hydrogen-bond acceptors (Lipinski definition) is 4. The van der Waals surface area contributed by atoms with Crippen LogP contribution in [0.1, 0.15) is 30.1 Å². The molecule has 5 nitrogen and oxygen atoms in total. The average Bonchev–Trinajstić information content (AvgIpc) is 3.15. The fourth-order valence-corrected chi connectivity index (χ4v) is 3.57. The summed E-state index contributed by atoms with van der Waals surface area (Å²) in [4.78, 5) is 8.71. The Morgan fingerprint density at radius 3 is 2.88 bits per heavy atom. The highest BCUT2D eigenvalue weighted by molar-refractivity contribution is 5.49. The number of ether oxygens (including phenoxy) is 1. The van der Waals surface area contributed by atoms with Gasteiger partial charge in [-0.1, -0.05) is 30.3 Å². The smallest absolute Gasteiger partial charge is 0.158 e. The van der Waals surface area contributed by atoms with Crippen LogP contribution in [0.5, 0.6) is 0 Å². The van der Waals surface area contributed by atoms with Crippen molar-refractivity contribution in [3.8, 4) is 11.5 Å². The molecule has 0 radical (unpaired) electrons. The molecule has 1 N–H and O–H groups in total. The minimum atomic E-state index is -0.597. The number of pyridine rings is 1. The summed E-state index contributed by atoms with van der Waals surface area (Å²) in [5, 5.41) is 10.5. The second-order valence-electron chi connectivity index (χ2n) is 6.69. The lowest BCUT2D eigenvalue weighted by Crippen LogP contribution is -2.24. The summed E-state index contributed by atoms with van der Waals surface area (Å²) in [7, 11) is 0. The Kier molecular flexibility index (Phi) is 5.09. The zero-order chi connectivity index (χ0) is 17.8. The first kappa shape index (κ1) is 16.9. The first-order valence-electron chi connectivity index (χ1n) is 9.11. The number of imidazole rings is 1. The van der Waals surface area contributed by atoms with Gasteiger partial charge in [-0.15, -0.1) is 0 Å². The molecule has 0 fully saturated rings. The van der Waals surface area contributed by atoms with E-state index >= 15 is 0 Å². The molecular weight excluding hydrogens is 326 g/mol. The van der Waals surface area contributed by atoms with Crippen LogP contribution in [0.25, 0.3) is 11.5 Å². The summed E-state index contributed by atoms with van der Waals surface area (Å²) in [5.74, 6) is 0.757. The monoisotopic (exact) mass is 349 g/mol. The number of rotatable bonds is 6. The maximum atomic E-state index is 10.5. The van der Waals surface area contributed by atoms with Crippen LogP contribution < -0.4 is 0 Å². The van der Waals surface area contributed by atoms with Crippen molar-refractivity contribution in [2.45, 2.75) is 38.0 Å². The van der Waals surface area contributed by atoms with E-state index in [1.165, 1.54) is 11.1 Å². The molecule has 2 unspecified atom stereocenters. The number of aliphatic hydroxyl groups is 1. The van der Waals surface area contributed by atoms with Gasteiger partial charge in [-0.25, -0.2) is 4.98 Å². The summed E-state index contributed by atoms with van der Waals surface area (Å²) in [6.45, 7) is 0.735. The molecule has 5 heteroatoms. The van der Waals surface area contributed by atoms with Gasteiger partial charge in [-0.3, -0.25) is 4.98 Å². The van der Waals surface area contributed by atoms with Gasteiger partial charge in [0.2, 0.25) is 0 Å². The summed E-state index contributed by atoms with van der Waals surface area (Å²) < 4.78 is 7.99. The van der Waals surface area contributed by atoms with E-state index in [4.69, 9.17) is 4.74 Å². The predicted molar refractivity (Wildman–Crippen MR) is 99.5 cm³/mol. The molecular formula is C21H23N3O2. The second kappa shape index (κ2) is 7.81. The van der Waals surface area contributed by atoms with E-state index in [0.717, 1.165) is 30.8 Å². The van der Waals surface area contributed by atoms with E-state index < -0.39 is 6.10 Å². The van der Waals surface area contributed by atoms with Gasteiger partial charge in [-0.05, 0) is 42.5 Å². The average molecular weight is 349 g/mol. The van der Waals surface area contributed by atoms with Gasteiger partial charge >= 0.3 is 0 Å². The number of aromatic nitrogens is 3. The molecule has 0 amide bonds. The third-order valence-electron chi connectivity index (χ3n) is 4.82. The Balaban J connectivity index is 1.39. The van der Waals surface area contributed by atoms with Gasteiger partial charge < -0.3 is 14.4 Å². The topological polar surface area (TPSA) is 60.2 Å². The molecule has 134 valence electrons. The normalized spacial score (nSPS) is 17.7. The molecule has 1 aliphatic rings. The van der Waals surface area contributed by atoms with Crippen molar-refractivity contribution in [1.82, 2.24) is 14.5 Å². The van der Waals surface area contributed by atoms with Crippen LogP contribution in [0.3, 0.4) is 0 Å². The number of aliphatic hydroxyl groups excluding tert-OH is 1. The van der Waals surface area contributed by atoms with E-state index in [0.29, 0.717) is 13.2 Å². The first-order valence-corrected chi connectivity index (χ1v) is 9.11. The highest BCUT2D eigenvalue weighted by atomic mass is 16.5. The summed E-state index contributed by atoms with van der Waals surface area (Å²) in [6.07, 6.45) is 8.07. The van der Waals surface area contributed by atoms with E-state index in [9.17, 15) is 5.11 Å². The highest BCUT2D eigenvalue weighted by Gasteiger charge is 2.21. The van der Waals surface area contributed by atoms with Crippen molar-refractivity contribution in [2.24, 2.45) is 0 Å². The molecule has 1 aromatic carbocycles. The Morgan fingerprint density at radius 2 is 2.00 bits per heavy atom. The standard InChI is InChI=1S/C21H23N3O2/c25-17(14-24-13-12-23-21(24)19-9-3-4-11-22-19)15-26-20-10-5-7-16-6-1-2-8-18(16)20/h1-4,6,8-9,11-13,17,20,25H,5,7,10,14-15H2. The molecule has 26 heavy (non-hydrogen) atoms. The zero-order valence-corrected chi connectivity index (χ0v) is 14.7. The van der Waals surface area contributed by atoms with Crippen LogP contribution >= 0.6 is 0 Å². The van der Waals surface area contributed by atoms with E-state index in [1.54, 1.807) is 12.4 Å². The lowest BCUT2D eigenvalue weighted by atomic mass is 9.89. The number of fused-ring (bicyclic) bond motifs is 1. The number of benzene rings is 1. The molecule has 0 spiro atoms. The third-order valence-corrected chi connectivity index (χ3v) is 4.82. The molecule has 0 saturated carbocycles. The minimum absolute atomic E-state index is 0.0765. The van der Waals surface area contributed by atoms with Gasteiger partial charge in [0, 0.05) is 18.6 Å². The van der Waals surface area contributed by atoms with Crippen LogP contribution in [0.4, 0.5) is 0 Å². The molecule has 1 aliphatic carbocycles. The number of hydrogen-bond donors (Lipinski definition) is 1. The molecule has 2 aromatic heterocycles. The van der Waals surface area contributed by atoms with E-state index in [2.05, 4.69) is 34.2 Å². The van der Waals surface area contributed by atoms with Crippen molar-refractivity contribution in [3.05, 3.63) is 72.2 Å². The lowest BCUT2D eigenvalue weighted by molar-refractivity contribution is -0.0224. The van der Waals surface area contributed by atoms with Gasteiger partial charge in [0.1, 0.15) is 5.69 Å². The summed E-state index contributed by atoms with van der Waals surface area (Å²) in [6, 6.07) is 14.2. The van der Waals surface area contributed by atoms with Crippen molar-refractivity contribution < 1.29 is 9.84 Å². The maximum Gasteiger partial charge on any atom is 0.158 e. The van der Waals surface area contributed by atoms with Crippen molar-refractivity contribution >= 4 is 0 Å². The van der Waals surface area contributed by atoms with Crippen molar-refractivity contribution in [2.75, 3.05) is 6.61 Å². The van der Waals surface area contributed by atoms with Gasteiger partial charge in [0.05, 0.1) is 25.4 Å². The minimum Gasteiger partial charge on any atom is -0.389 e. The fraction of sp³-hybridized carbons (Fsp3) is 0.333. The maximum absolute atomic E-state index is 10.5. The molecule has 4 rings (SSSR count). The number of aryl methyl sites for hydroxylation is 1. The van der Waals surface area contributed by atoms with E-state index in [1.807, 2.05) is 29.0 Å². The van der Waals surface area contributed by atoms with Gasteiger partial charge in [-0.2, -0.15) is 0 Å². The third kappa shape index (κ3) is 3.69. The quantitative estimate of drug-likeness (QED) is 0.741. The highest BCUT2D eigenvalue weighted by Crippen LogP contribution is 2.32. The molecule has 2 heterocycles. The van der Waals surface area contributed by atoms with Crippen molar-refractivity contribution in [3.63, 3.8) is 0 Å². The molecule has 0 bridgehead atoms. The zero-order valence-electron chi connectivity index (χ0n) is 14.7. The fourth-order valence-electron chi connectivity index (χ4n) is 3.57. The largest absolute Gasteiger partial charge is 0.389 e. The molecule has 3 aromatic rings. The Bertz CT molecular complexity index is 847. The van der Waals surface area contributed by atoms with Crippen LogP contribution in [0, 0.1) is 0 Å². The van der Waals surface area contributed by atoms with Crippen LogP contribution in [0.2, 0.25) is 0 Å². The number of nitrogens with zero attached hydrogens (tertiary/aromatic N) is 3. The summed E-state index contributed by atoms with van der Waals surface area (Å²) >= 11 is 0. The van der Waals surface area contributed by atoms with Crippen LogP contribution in [0.15, 0.2) is 61.1 Å². The van der Waals surface area contributed by atoms with Gasteiger partial charge in [0.25, 0.3) is 0 Å². The Morgan fingerprint density at radius 1 is 1.12 bits per heavy atom. The second-order valence-corrected chi connectivity index (χ2v) is 6.69. The van der Waals surface area contributed by atoms with E-state index in [-0.39, 0.29) is 6.10 Å². The first-order chi connectivity index (χ1) is 12.8. The molecule has 2 atom stereocenters.